The molecule has 1 rings (SSSR count). The summed E-state index contributed by atoms with van der Waals surface area (Å²) in [6, 6.07) is 2.71. The molecule has 0 heterocycles. The molecule has 0 aliphatic rings. The molecule has 0 aliphatic heterocycles. The van der Waals surface area contributed by atoms with Gasteiger partial charge in [0.25, 0.3) is 0 Å². The summed E-state index contributed by atoms with van der Waals surface area (Å²) in [7, 11) is 0. The third-order valence-electron chi connectivity index (χ3n) is 7.15. The van der Waals surface area contributed by atoms with E-state index in [1.165, 1.54) is 18.2 Å². The second-order valence-corrected chi connectivity index (χ2v) is 11.5. The van der Waals surface area contributed by atoms with E-state index in [1.807, 2.05) is 41.5 Å². The van der Waals surface area contributed by atoms with E-state index in [1.54, 1.807) is 27.7 Å². The van der Waals surface area contributed by atoms with Gasteiger partial charge in [0.2, 0.25) is 0 Å². The van der Waals surface area contributed by atoms with Crippen LogP contribution in [0.15, 0.2) is 18.2 Å². The molecule has 12 heteroatoms. The van der Waals surface area contributed by atoms with Crippen LogP contribution in [0.3, 0.4) is 0 Å². The highest BCUT2D eigenvalue weighted by atomic mass is 16.8. The number of carboxylic acid groups (broad SMARTS) is 1. The summed E-state index contributed by atoms with van der Waals surface area (Å²) in [5.41, 5.74) is 6.38. The molecular formula is C30H47NO11. The van der Waals surface area contributed by atoms with Crippen LogP contribution in [0.4, 0.5) is 14.4 Å². The second-order valence-electron chi connectivity index (χ2n) is 11.5. The maximum absolute atomic E-state index is 12.6. The minimum atomic E-state index is -1.43. The molecule has 1 aromatic rings. The maximum atomic E-state index is 12.6. The molecule has 0 saturated heterocycles. The van der Waals surface area contributed by atoms with E-state index in [2.05, 4.69) is 0 Å². The summed E-state index contributed by atoms with van der Waals surface area (Å²) in [5.74, 6) is -3.13. The summed E-state index contributed by atoms with van der Waals surface area (Å²) in [6.07, 6.45) is -4.29. The molecule has 0 spiro atoms. The van der Waals surface area contributed by atoms with Gasteiger partial charge >= 0.3 is 24.4 Å². The number of hydrogen-bond acceptors (Lipinski definition) is 11. The average Bonchev–Trinajstić information content (AvgIpc) is 2.88. The first-order chi connectivity index (χ1) is 19.4. The minimum Gasteiger partial charge on any atom is -0.480 e. The molecule has 5 unspecified atom stereocenters. The summed E-state index contributed by atoms with van der Waals surface area (Å²) in [5, 5.41) is 9.74. The van der Waals surface area contributed by atoms with Crippen molar-refractivity contribution in [3.8, 4) is 11.5 Å². The summed E-state index contributed by atoms with van der Waals surface area (Å²) in [4.78, 5) is 49.2. The Balaban J connectivity index is 3.37. The van der Waals surface area contributed by atoms with Gasteiger partial charge in [0.05, 0.1) is 6.61 Å². The zero-order valence-electron chi connectivity index (χ0n) is 26.2. The van der Waals surface area contributed by atoms with Crippen molar-refractivity contribution >= 4 is 24.4 Å². The molecule has 3 N–H and O–H groups in total. The van der Waals surface area contributed by atoms with Crippen LogP contribution in [0, 0.1) is 23.7 Å². The Bertz CT molecular complexity index is 1060. The van der Waals surface area contributed by atoms with E-state index in [0.717, 1.165) is 0 Å². The third kappa shape index (κ3) is 11.8. The van der Waals surface area contributed by atoms with Crippen molar-refractivity contribution in [1.82, 2.24) is 0 Å². The van der Waals surface area contributed by atoms with Crippen LogP contribution in [0.25, 0.3) is 0 Å². The number of carbonyl (C=O) groups excluding carboxylic acids is 3. The van der Waals surface area contributed by atoms with Gasteiger partial charge in [0.1, 0.15) is 24.4 Å². The number of carbonyl (C=O) groups is 4. The molecule has 0 radical (unpaired) electrons. The monoisotopic (exact) mass is 597 g/mol. The molecule has 0 saturated carbocycles. The zero-order chi connectivity index (χ0) is 32.3. The number of carboxylic acids is 1. The molecule has 0 aromatic heterocycles. The number of rotatable bonds is 14. The van der Waals surface area contributed by atoms with E-state index < -0.39 is 54.5 Å². The Morgan fingerprint density at radius 3 is 1.55 bits per heavy atom. The molecule has 0 aliphatic carbocycles. The van der Waals surface area contributed by atoms with Crippen LogP contribution in [0.5, 0.6) is 11.5 Å². The summed E-state index contributed by atoms with van der Waals surface area (Å²) >= 11 is 0. The van der Waals surface area contributed by atoms with Crippen LogP contribution in [-0.4, -0.2) is 60.5 Å². The van der Waals surface area contributed by atoms with E-state index >= 15 is 0 Å². The smallest absolute Gasteiger partial charge is 0.480 e. The topological polar surface area (TPSA) is 170 Å². The quantitative estimate of drug-likeness (QED) is 0.143. The number of hydrogen-bond donors (Lipinski definition) is 2. The molecule has 238 valence electrons. The summed E-state index contributed by atoms with van der Waals surface area (Å²) < 4.78 is 31.8. The Morgan fingerprint density at radius 2 is 1.12 bits per heavy atom. The van der Waals surface area contributed by atoms with Gasteiger partial charge in [-0.25, -0.2) is 14.4 Å². The largest absolute Gasteiger partial charge is 0.514 e. The SMILES string of the molecule is CC(C)C(C)OC(=O)OCC(C)C(c1ccc(OC(=O)OC(C)C(C)C)c(OC(=O)OC(C)C(C)C)c1)[C@H](N)C(=O)O. The van der Waals surface area contributed by atoms with Gasteiger partial charge in [-0.2, -0.15) is 0 Å². The lowest BCUT2D eigenvalue weighted by molar-refractivity contribution is -0.139. The molecule has 0 amide bonds. The second kappa shape index (κ2) is 16.8. The van der Waals surface area contributed by atoms with Crippen LogP contribution in [-0.2, 0) is 23.7 Å². The highest BCUT2D eigenvalue weighted by molar-refractivity contribution is 5.75. The molecule has 42 heavy (non-hydrogen) atoms. The van der Waals surface area contributed by atoms with Crippen molar-refractivity contribution in [3.63, 3.8) is 0 Å². The van der Waals surface area contributed by atoms with Gasteiger partial charge < -0.3 is 39.3 Å². The normalized spacial score (nSPS) is 15.7. The minimum absolute atomic E-state index is 0.00103. The Kier molecular flexibility index (Phi) is 14.6. The highest BCUT2D eigenvalue weighted by Crippen LogP contribution is 2.36. The lowest BCUT2D eigenvalue weighted by Crippen LogP contribution is -2.40. The highest BCUT2D eigenvalue weighted by Gasteiger charge is 2.33. The number of aliphatic carboxylic acids is 1. The lowest BCUT2D eigenvalue weighted by atomic mass is 9.82. The van der Waals surface area contributed by atoms with Crippen molar-refractivity contribution in [2.24, 2.45) is 29.4 Å². The molecule has 12 nitrogen and oxygen atoms in total. The fourth-order valence-electron chi connectivity index (χ4n) is 3.37. The van der Waals surface area contributed by atoms with Crippen LogP contribution >= 0.6 is 0 Å². The standard InChI is InChI=1S/C30H47NO11/c1-15(2)19(8)38-28(34)37-14-18(7)25(26(31)27(32)33)22-11-12-23(41-29(35)39-20(9)16(3)4)24(13-22)42-30(36)40-21(10)17(5)6/h11-13,15-21,25-26H,14,31H2,1-10H3,(H,32,33)/t18?,19?,20?,21?,25?,26-/m0/s1. The number of benzene rings is 1. The van der Waals surface area contributed by atoms with Gasteiger partial charge in [-0.3, -0.25) is 4.79 Å². The zero-order valence-corrected chi connectivity index (χ0v) is 26.2. The molecular weight excluding hydrogens is 550 g/mol. The van der Waals surface area contributed by atoms with Crippen molar-refractivity contribution < 1.29 is 52.7 Å². The first kappa shape index (κ1) is 36.5. The fourth-order valence-corrected chi connectivity index (χ4v) is 3.37. The Morgan fingerprint density at radius 1 is 0.690 bits per heavy atom. The van der Waals surface area contributed by atoms with Gasteiger partial charge in [0, 0.05) is 5.92 Å². The third-order valence-corrected chi connectivity index (χ3v) is 7.15. The van der Waals surface area contributed by atoms with Crippen LogP contribution in [0.2, 0.25) is 0 Å². The van der Waals surface area contributed by atoms with E-state index in [0.29, 0.717) is 5.56 Å². The van der Waals surface area contributed by atoms with Crippen molar-refractivity contribution in [2.75, 3.05) is 6.61 Å². The molecule has 6 atom stereocenters. The lowest BCUT2D eigenvalue weighted by Gasteiger charge is -2.28. The van der Waals surface area contributed by atoms with Crippen molar-refractivity contribution in [3.05, 3.63) is 23.8 Å². The van der Waals surface area contributed by atoms with E-state index in [-0.39, 0.29) is 42.0 Å². The Labute approximate surface area is 248 Å². The van der Waals surface area contributed by atoms with Gasteiger partial charge in [0.15, 0.2) is 11.5 Å². The van der Waals surface area contributed by atoms with Gasteiger partial charge in [-0.15, -0.1) is 0 Å². The van der Waals surface area contributed by atoms with Gasteiger partial charge in [-0.1, -0.05) is 54.5 Å². The Hall–Kier alpha value is -3.54. The molecule has 1 aromatic carbocycles. The van der Waals surface area contributed by atoms with E-state index in [4.69, 9.17) is 34.2 Å². The van der Waals surface area contributed by atoms with Crippen LogP contribution in [0.1, 0.15) is 80.7 Å². The fraction of sp³-hybridized carbons (Fsp3) is 0.667. The van der Waals surface area contributed by atoms with Crippen molar-refractivity contribution in [2.45, 2.75) is 99.5 Å². The van der Waals surface area contributed by atoms with Crippen LogP contribution < -0.4 is 15.2 Å². The predicted molar refractivity (Wildman–Crippen MR) is 154 cm³/mol. The first-order valence-electron chi connectivity index (χ1n) is 14.2. The first-order valence-corrected chi connectivity index (χ1v) is 14.2. The van der Waals surface area contributed by atoms with E-state index in [9.17, 15) is 24.3 Å². The maximum Gasteiger partial charge on any atom is 0.514 e. The summed E-state index contributed by atoms with van der Waals surface area (Å²) in [6.45, 7) is 17.8. The van der Waals surface area contributed by atoms with Crippen molar-refractivity contribution in [1.29, 1.82) is 0 Å². The number of nitrogens with two attached hydrogens (primary N) is 1. The predicted octanol–water partition coefficient (Wildman–Crippen LogP) is 6.14. The number of ether oxygens (including phenoxy) is 6. The molecule has 0 bridgehead atoms. The average molecular weight is 598 g/mol. The molecule has 0 fully saturated rings. The van der Waals surface area contributed by atoms with Gasteiger partial charge in [-0.05, 0) is 62.1 Å².